The van der Waals surface area contributed by atoms with E-state index in [2.05, 4.69) is 0 Å². The summed E-state index contributed by atoms with van der Waals surface area (Å²) < 4.78 is 26.6. The first-order valence-corrected chi connectivity index (χ1v) is 7.71. The molecule has 4 heteroatoms. The number of aromatic hydroxyl groups is 1. The molecule has 0 bridgehead atoms. The van der Waals surface area contributed by atoms with E-state index in [1.807, 2.05) is 44.7 Å². The molecule has 0 aliphatic carbocycles. The third kappa shape index (κ3) is 3.47. The largest absolute Gasteiger partial charge is 0.507 e. The number of hydrogen-bond acceptors (Lipinski definition) is 2. The second-order valence-electron chi connectivity index (χ2n) is 6.63. The number of anilines is 1. The van der Waals surface area contributed by atoms with E-state index in [1.165, 1.54) is 0 Å². The van der Waals surface area contributed by atoms with Crippen molar-refractivity contribution in [3.05, 3.63) is 23.3 Å². The highest BCUT2D eigenvalue weighted by Crippen LogP contribution is 2.39. The Bertz CT molecular complexity index is 473. The third-order valence-electron chi connectivity index (χ3n) is 4.26. The lowest BCUT2D eigenvalue weighted by Gasteiger charge is -2.34. The Labute approximate surface area is 125 Å². The molecule has 0 atom stereocenters. The van der Waals surface area contributed by atoms with Crippen LogP contribution in [0.25, 0.3) is 0 Å². The van der Waals surface area contributed by atoms with Gasteiger partial charge in [-0.2, -0.15) is 0 Å². The number of halogens is 2. The number of phenolic OH excluding ortho intramolecular Hbond substituents is 1. The number of rotatable bonds is 3. The minimum atomic E-state index is -2.53. The van der Waals surface area contributed by atoms with Gasteiger partial charge in [-0.1, -0.05) is 27.7 Å². The molecule has 1 N–H and O–H groups in total. The zero-order valence-corrected chi connectivity index (χ0v) is 13.3. The quantitative estimate of drug-likeness (QED) is 0.860. The Morgan fingerprint density at radius 2 is 1.43 bits per heavy atom. The van der Waals surface area contributed by atoms with Crippen molar-refractivity contribution in [1.82, 2.24) is 0 Å². The van der Waals surface area contributed by atoms with Crippen LogP contribution in [-0.4, -0.2) is 24.1 Å². The highest BCUT2D eigenvalue weighted by molar-refractivity contribution is 5.59. The smallest absolute Gasteiger partial charge is 0.251 e. The minimum absolute atomic E-state index is 0.0953. The van der Waals surface area contributed by atoms with Gasteiger partial charge >= 0.3 is 0 Å². The third-order valence-corrected chi connectivity index (χ3v) is 4.26. The highest BCUT2D eigenvalue weighted by Gasteiger charge is 2.34. The maximum atomic E-state index is 13.3. The van der Waals surface area contributed by atoms with Crippen molar-refractivity contribution in [2.24, 2.45) is 0 Å². The Balaban J connectivity index is 2.36. The molecular weight excluding hydrogens is 272 g/mol. The fourth-order valence-electron chi connectivity index (χ4n) is 2.82. The van der Waals surface area contributed by atoms with Gasteiger partial charge in [-0.05, 0) is 35.1 Å². The zero-order valence-electron chi connectivity index (χ0n) is 13.3. The van der Waals surface area contributed by atoms with Crippen molar-refractivity contribution in [2.45, 2.75) is 58.3 Å². The predicted octanol–water partition coefficient (Wildman–Crippen LogP) is 4.87. The van der Waals surface area contributed by atoms with Crippen LogP contribution in [0.1, 0.15) is 63.5 Å². The first-order valence-electron chi connectivity index (χ1n) is 7.71. The van der Waals surface area contributed by atoms with Crippen molar-refractivity contribution >= 4 is 5.69 Å². The number of phenols is 1. The van der Waals surface area contributed by atoms with Gasteiger partial charge in [0.05, 0.1) is 0 Å². The lowest BCUT2D eigenvalue weighted by atomic mass is 9.92. The second kappa shape index (κ2) is 5.82. The van der Waals surface area contributed by atoms with Gasteiger partial charge in [0.1, 0.15) is 5.75 Å². The summed E-state index contributed by atoms with van der Waals surface area (Å²) in [4.78, 5) is 2.01. The number of piperidine rings is 1. The maximum Gasteiger partial charge on any atom is 0.251 e. The van der Waals surface area contributed by atoms with Gasteiger partial charge < -0.3 is 10.0 Å². The Morgan fingerprint density at radius 3 is 1.81 bits per heavy atom. The van der Waals surface area contributed by atoms with Crippen LogP contribution in [0.5, 0.6) is 5.75 Å². The minimum Gasteiger partial charge on any atom is -0.507 e. The van der Waals surface area contributed by atoms with Crippen LogP contribution in [-0.2, 0) is 0 Å². The molecule has 0 spiro atoms. The number of hydrogen-bond donors (Lipinski definition) is 1. The lowest BCUT2D eigenvalue weighted by molar-refractivity contribution is -0.0220. The maximum absolute atomic E-state index is 13.3. The molecule has 1 aromatic rings. The van der Waals surface area contributed by atoms with E-state index in [0.717, 1.165) is 16.8 Å². The molecule has 0 unspecified atom stereocenters. The Kier molecular flexibility index (Phi) is 4.45. The van der Waals surface area contributed by atoms with Crippen LogP contribution in [0.4, 0.5) is 14.5 Å². The van der Waals surface area contributed by atoms with Gasteiger partial charge in [-0.25, -0.2) is 8.78 Å². The summed E-state index contributed by atoms with van der Waals surface area (Å²) in [6, 6.07) is 3.91. The van der Waals surface area contributed by atoms with E-state index in [9.17, 15) is 13.9 Å². The molecule has 1 aromatic carbocycles. The fourth-order valence-corrected chi connectivity index (χ4v) is 2.82. The summed E-state index contributed by atoms with van der Waals surface area (Å²) in [5.41, 5.74) is 2.75. The molecule has 1 aliphatic heterocycles. The van der Waals surface area contributed by atoms with Gasteiger partial charge in [0.15, 0.2) is 0 Å². The molecule has 1 saturated heterocycles. The molecule has 2 rings (SSSR count). The fraction of sp³-hybridized carbons (Fsp3) is 0.647. The standard InChI is InChI=1S/C17H25F2NO/c1-11(2)14-9-13(10-15(12(3)4)16(14)21)20-7-5-17(18,19)6-8-20/h9-12,21H,5-8H2,1-4H3. The molecule has 0 amide bonds. The average Bonchev–Trinajstić information content (AvgIpc) is 2.38. The molecule has 118 valence electrons. The monoisotopic (exact) mass is 297 g/mol. The van der Waals surface area contributed by atoms with Crippen molar-refractivity contribution in [2.75, 3.05) is 18.0 Å². The topological polar surface area (TPSA) is 23.5 Å². The van der Waals surface area contributed by atoms with Crippen LogP contribution in [0.3, 0.4) is 0 Å². The normalized spacial score (nSPS) is 18.6. The predicted molar refractivity (Wildman–Crippen MR) is 82.7 cm³/mol. The molecule has 0 saturated carbocycles. The zero-order chi connectivity index (χ0) is 15.8. The lowest BCUT2D eigenvalue weighted by Crippen LogP contribution is -2.39. The van der Waals surface area contributed by atoms with Gasteiger partial charge in [-0.3, -0.25) is 0 Å². The average molecular weight is 297 g/mol. The van der Waals surface area contributed by atoms with E-state index >= 15 is 0 Å². The molecular formula is C17H25F2NO. The number of alkyl halides is 2. The van der Waals surface area contributed by atoms with Crippen LogP contribution in [0.15, 0.2) is 12.1 Å². The first kappa shape index (κ1) is 16.1. The van der Waals surface area contributed by atoms with Crippen molar-refractivity contribution < 1.29 is 13.9 Å². The van der Waals surface area contributed by atoms with Crippen molar-refractivity contribution in [3.63, 3.8) is 0 Å². The van der Waals surface area contributed by atoms with Gasteiger partial charge in [0.2, 0.25) is 0 Å². The number of benzene rings is 1. The van der Waals surface area contributed by atoms with Crippen LogP contribution in [0, 0.1) is 0 Å². The van der Waals surface area contributed by atoms with Crippen molar-refractivity contribution in [1.29, 1.82) is 0 Å². The van der Waals surface area contributed by atoms with E-state index in [1.54, 1.807) is 0 Å². The van der Waals surface area contributed by atoms with E-state index in [-0.39, 0.29) is 24.7 Å². The van der Waals surface area contributed by atoms with E-state index in [4.69, 9.17) is 0 Å². The molecule has 21 heavy (non-hydrogen) atoms. The molecule has 0 radical (unpaired) electrons. The van der Waals surface area contributed by atoms with Crippen LogP contribution < -0.4 is 4.90 Å². The summed E-state index contributed by atoms with van der Waals surface area (Å²) in [6.45, 7) is 8.88. The SMILES string of the molecule is CC(C)c1cc(N2CCC(F)(F)CC2)cc(C(C)C)c1O. The first-order chi connectivity index (χ1) is 9.71. The summed E-state index contributed by atoms with van der Waals surface area (Å²) in [5, 5.41) is 10.4. The van der Waals surface area contributed by atoms with Crippen LogP contribution >= 0.6 is 0 Å². The van der Waals surface area contributed by atoms with Gasteiger partial charge in [0, 0.05) is 31.6 Å². The molecule has 2 nitrogen and oxygen atoms in total. The summed E-state index contributed by atoms with van der Waals surface area (Å²) in [6.07, 6.45) is -0.191. The van der Waals surface area contributed by atoms with E-state index < -0.39 is 5.92 Å². The summed E-state index contributed by atoms with van der Waals surface area (Å²) >= 11 is 0. The van der Waals surface area contributed by atoms with Gasteiger partial charge in [-0.15, -0.1) is 0 Å². The van der Waals surface area contributed by atoms with Gasteiger partial charge in [0.25, 0.3) is 5.92 Å². The highest BCUT2D eigenvalue weighted by atomic mass is 19.3. The summed E-state index contributed by atoms with van der Waals surface area (Å²) in [7, 11) is 0. The molecule has 0 aromatic heterocycles. The Hall–Kier alpha value is -1.32. The van der Waals surface area contributed by atoms with Crippen LogP contribution in [0.2, 0.25) is 0 Å². The number of nitrogens with zero attached hydrogens (tertiary/aromatic N) is 1. The Morgan fingerprint density at radius 1 is 1.00 bits per heavy atom. The molecule has 1 heterocycles. The van der Waals surface area contributed by atoms with E-state index in [0.29, 0.717) is 18.8 Å². The molecule has 1 aliphatic rings. The second-order valence-corrected chi connectivity index (χ2v) is 6.63. The summed E-state index contributed by atoms with van der Waals surface area (Å²) in [5.74, 6) is -1.77. The van der Waals surface area contributed by atoms with Crippen molar-refractivity contribution in [3.8, 4) is 5.75 Å². The molecule has 1 fully saturated rings.